The van der Waals surface area contributed by atoms with Gasteiger partial charge < -0.3 is 10.1 Å². The Balaban J connectivity index is 0.00000387. The van der Waals surface area contributed by atoms with Gasteiger partial charge in [-0.1, -0.05) is 117 Å². The molecule has 41 heavy (non-hydrogen) atoms. The molecule has 0 unspecified atom stereocenters. The monoisotopic (exact) mass is 569 g/mol. The number of benzene rings is 4. The van der Waals surface area contributed by atoms with Gasteiger partial charge in [-0.3, -0.25) is 4.79 Å². The first kappa shape index (κ1) is 30.3. The normalized spacial score (nSPS) is 14.1. The number of rotatable bonds is 11. The van der Waals surface area contributed by atoms with Crippen LogP contribution in [0.4, 0.5) is 0 Å². The van der Waals surface area contributed by atoms with Crippen LogP contribution in [0.3, 0.4) is 0 Å². The van der Waals surface area contributed by atoms with E-state index in [0.29, 0.717) is 23.8 Å². The third-order valence-electron chi connectivity index (χ3n) is 7.21. The molecule has 1 amide bonds. The standard InChI is InChI=1S/C35H39N3O2.ClH/c1-27(2)21-31-19-12-20-33(34(31)40-26-30-17-10-5-11-18-30)35(39)36-32-24-37(22-28-13-6-3-7-14-28)38(25-32)23-29-15-8-4-9-16-29;/h3-20,27,32H,21-26H2,1-2H3,(H,36,39);1H. The summed E-state index contributed by atoms with van der Waals surface area (Å²) in [5.74, 6) is 1.06. The average molecular weight is 570 g/mol. The highest BCUT2D eigenvalue weighted by atomic mass is 35.5. The summed E-state index contributed by atoms with van der Waals surface area (Å²) in [7, 11) is 0. The summed E-state index contributed by atoms with van der Waals surface area (Å²) >= 11 is 0. The van der Waals surface area contributed by atoms with Crippen LogP contribution in [-0.4, -0.2) is 35.1 Å². The fourth-order valence-corrected chi connectivity index (χ4v) is 5.33. The number of carbonyl (C=O) groups is 1. The quantitative estimate of drug-likeness (QED) is 0.213. The van der Waals surface area contributed by atoms with E-state index in [2.05, 4.69) is 83.8 Å². The van der Waals surface area contributed by atoms with Gasteiger partial charge in [0, 0.05) is 26.2 Å². The molecule has 6 heteroatoms. The number of para-hydroxylation sites is 1. The first-order valence-electron chi connectivity index (χ1n) is 14.2. The summed E-state index contributed by atoms with van der Waals surface area (Å²) in [4.78, 5) is 13.8. The summed E-state index contributed by atoms with van der Waals surface area (Å²) in [5, 5.41) is 8.06. The number of nitrogens with zero attached hydrogens (tertiary/aromatic N) is 2. The summed E-state index contributed by atoms with van der Waals surface area (Å²) < 4.78 is 6.36. The van der Waals surface area contributed by atoms with E-state index in [1.807, 2.05) is 54.6 Å². The molecule has 4 aromatic carbocycles. The highest BCUT2D eigenvalue weighted by Crippen LogP contribution is 2.28. The zero-order chi connectivity index (χ0) is 27.7. The van der Waals surface area contributed by atoms with Crippen molar-refractivity contribution < 1.29 is 9.53 Å². The third-order valence-corrected chi connectivity index (χ3v) is 7.21. The molecule has 1 saturated heterocycles. The van der Waals surface area contributed by atoms with Crippen molar-refractivity contribution in [2.45, 2.75) is 46.0 Å². The predicted molar refractivity (Wildman–Crippen MR) is 168 cm³/mol. The van der Waals surface area contributed by atoms with Gasteiger partial charge in [0.05, 0.1) is 11.6 Å². The van der Waals surface area contributed by atoms with Crippen molar-refractivity contribution in [2.24, 2.45) is 5.92 Å². The van der Waals surface area contributed by atoms with Crippen LogP contribution >= 0.6 is 12.4 Å². The van der Waals surface area contributed by atoms with Crippen molar-refractivity contribution in [3.05, 3.63) is 137 Å². The van der Waals surface area contributed by atoms with E-state index in [0.717, 1.165) is 43.7 Å². The molecule has 0 aromatic heterocycles. The van der Waals surface area contributed by atoms with Crippen LogP contribution < -0.4 is 10.1 Å². The highest BCUT2D eigenvalue weighted by Gasteiger charge is 2.32. The molecule has 214 valence electrons. The van der Waals surface area contributed by atoms with Gasteiger partial charge in [-0.05, 0) is 40.7 Å². The number of nitrogens with one attached hydrogen (secondary N) is 1. The second-order valence-corrected chi connectivity index (χ2v) is 11.0. The van der Waals surface area contributed by atoms with Crippen LogP contribution in [-0.2, 0) is 26.1 Å². The lowest BCUT2D eigenvalue weighted by Crippen LogP contribution is -2.38. The molecule has 0 saturated carbocycles. The SMILES string of the molecule is CC(C)Cc1cccc(C(=O)NC2CN(Cc3ccccc3)N(Cc3ccccc3)C2)c1OCc1ccccc1.Cl. The Labute approximate surface area is 250 Å². The average Bonchev–Trinajstić information content (AvgIpc) is 3.33. The zero-order valence-electron chi connectivity index (χ0n) is 23.9. The van der Waals surface area contributed by atoms with Crippen LogP contribution in [0, 0.1) is 5.92 Å². The lowest BCUT2D eigenvalue weighted by Gasteiger charge is -2.27. The number of amides is 1. The molecule has 4 aromatic rings. The van der Waals surface area contributed by atoms with E-state index in [-0.39, 0.29) is 24.4 Å². The smallest absolute Gasteiger partial charge is 0.255 e. The first-order valence-corrected chi connectivity index (χ1v) is 14.2. The second kappa shape index (κ2) is 14.8. The number of ether oxygens (including phenoxy) is 1. The molecule has 1 N–H and O–H groups in total. The van der Waals surface area contributed by atoms with E-state index in [1.54, 1.807) is 0 Å². The third kappa shape index (κ3) is 8.43. The van der Waals surface area contributed by atoms with Gasteiger partial charge in [-0.2, -0.15) is 0 Å². The second-order valence-electron chi connectivity index (χ2n) is 11.0. The lowest BCUT2D eigenvalue weighted by molar-refractivity contribution is 0.0109. The Morgan fingerprint density at radius 1 is 0.756 bits per heavy atom. The van der Waals surface area contributed by atoms with Gasteiger partial charge in [-0.15, -0.1) is 12.4 Å². The van der Waals surface area contributed by atoms with Gasteiger partial charge in [0.15, 0.2) is 0 Å². The minimum Gasteiger partial charge on any atom is -0.488 e. The highest BCUT2D eigenvalue weighted by molar-refractivity contribution is 5.97. The summed E-state index contributed by atoms with van der Waals surface area (Å²) in [5.41, 5.74) is 5.26. The zero-order valence-corrected chi connectivity index (χ0v) is 24.7. The molecule has 1 fully saturated rings. The lowest BCUT2D eigenvalue weighted by atomic mass is 9.99. The summed E-state index contributed by atoms with van der Waals surface area (Å²) in [6.45, 7) is 7.91. The Hall–Kier alpha value is -3.64. The minimum absolute atomic E-state index is 0. The number of hydrogen-bond acceptors (Lipinski definition) is 4. The van der Waals surface area contributed by atoms with Gasteiger partial charge in [-0.25, -0.2) is 10.0 Å². The molecule has 0 atom stereocenters. The van der Waals surface area contributed by atoms with Crippen molar-refractivity contribution in [2.75, 3.05) is 13.1 Å². The Kier molecular flexibility index (Phi) is 11.0. The Morgan fingerprint density at radius 2 is 1.27 bits per heavy atom. The van der Waals surface area contributed by atoms with E-state index in [1.165, 1.54) is 11.1 Å². The van der Waals surface area contributed by atoms with Crippen LogP contribution in [0.5, 0.6) is 5.75 Å². The maximum Gasteiger partial charge on any atom is 0.255 e. The number of hydrogen-bond donors (Lipinski definition) is 1. The molecule has 0 bridgehead atoms. The van der Waals surface area contributed by atoms with Crippen molar-refractivity contribution in [1.82, 2.24) is 15.3 Å². The van der Waals surface area contributed by atoms with E-state index < -0.39 is 0 Å². The van der Waals surface area contributed by atoms with Crippen LogP contribution in [0.2, 0.25) is 0 Å². The molecular weight excluding hydrogens is 530 g/mol. The van der Waals surface area contributed by atoms with Crippen molar-refractivity contribution in [3.8, 4) is 5.75 Å². The minimum atomic E-state index is -0.0834. The molecule has 5 nitrogen and oxygen atoms in total. The van der Waals surface area contributed by atoms with Crippen molar-refractivity contribution >= 4 is 18.3 Å². The topological polar surface area (TPSA) is 44.8 Å². The molecular formula is C35H40ClN3O2. The molecule has 0 spiro atoms. The summed E-state index contributed by atoms with van der Waals surface area (Å²) in [6.07, 6.45) is 0.852. The van der Waals surface area contributed by atoms with Crippen LogP contribution in [0.15, 0.2) is 109 Å². The first-order chi connectivity index (χ1) is 19.5. The number of hydrazine groups is 1. The van der Waals surface area contributed by atoms with Crippen LogP contribution in [0.1, 0.15) is 46.5 Å². The maximum atomic E-state index is 13.8. The summed E-state index contributed by atoms with van der Waals surface area (Å²) in [6, 6.07) is 37.1. The molecule has 1 aliphatic rings. The molecule has 1 aliphatic heterocycles. The molecule has 0 aliphatic carbocycles. The Bertz CT molecular complexity index is 1320. The van der Waals surface area contributed by atoms with Crippen molar-refractivity contribution in [1.29, 1.82) is 0 Å². The molecule has 5 rings (SSSR count). The number of halogens is 1. The van der Waals surface area contributed by atoms with Crippen molar-refractivity contribution in [3.63, 3.8) is 0 Å². The van der Waals surface area contributed by atoms with E-state index >= 15 is 0 Å². The van der Waals surface area contributed by atoms with E-state index in [9.17, 15) is 4.79 Å². The Morgan fingerprint density at radius 3 is 1.78 bits per heavy atom. The largest absolute Gasteiger partial charge is 0.488 e. The predicted octanol–water partition coefficient (Wildman–Crippen LogP) is 6.92. The number of carbonyl (C=O) groups excluding carboxylic acids is 1. The fraction of sp³-hybridized carbons (Fsp3) is 0.286. The van der Waals surface area contributed by atoms with Crippen LogP contribution in [0.25, 0.3) is 0 Å². The maximum absolute atomic E-state index is 13.8. The van der Waals surface area contributed by atoms with E-state index in [4.69, 9.17) is 4.74 Å². The molecule has 1 heterocycles. The van der Waals surface area contributed by atoms with Gasteiger partial charge in [0.1, 0.15) is 12.4 Å². The van der Waals surface area contributed by atoms with Gasteiger partial charge in [0.2, 0.25) is 0 Å². The van der Waals surface area contributed by atoms with Gasteiger partial charge >= 0.3 is 0 Å². The van der Waals surface area contributed by atoms with Gasteiger partial charge in [0.25, 0.3) is 5.91 Å². The fourth-order valence-electron chi connectivity index (χ4n) is 5.33. The molecule has 0 radical (unpaired) electrons.